The Kier molecular flexibility index (Phi) is 4.00. The van der Waals surface area contributed by atoms with Gasteiger partial charge in [0.15, 0.2) is 17.0 Å². The van der Waals surface area contributed by atoms with E-state index < -0.39 is 10.0 Å². The van der Waals surface area contributed by atoms with E-state index in [1.165, 1.54) is 0 Å². The molecule has 4 rings (SSSR count). The molecular formula is C16H19N7O2S. The Bertz CT molecular complexity index is 1050. The number of nitrogens with two attached hydrogens (primary N) is 2. The van der Waals surface area contributed by atoms with Crippen molar-refractivity contribution in [3.05, 3.63) is 30.6 Å². The second kappa shape index (κ2) is 6.22. The van der Waals surface area contributed by atoms with Gasteiger partial charge < -0.3 is 11.5 Å². The van der Waals surface area contributed by atoms with Crippen molar-refractivity contribution in [2.24, 2.45) is 0 Å². The van der Waals surface area contributed by atoms with Crippen LogP contribution >= 0.6 is 0 Å². The van der Waals surface area contributed by atoms with E-state index in [0.29, 0.717) is 29.9 Å². The summed E-state index contributed by atoms with van der Waals surface area (Å²) in [6.45, 7) is 1.15. The van der Waals surface area contributed by atoms with Crippen LogP contribution in [0.3, 0.4) is 0 Å². The summed E-state index contributed by atoms with van der Waals surface area (Å²) >= 11 is 0. The van der Waals surface area contributed by atoms with E-state index in [1.807, 2.05) is 0 Å². The van der Waals surface area contributed by atoms with E-state index in [9.17, 15) is 8.42 Å². The molecule has 1 aliphatic heterocycles. The van der Waals surface area contributed by atoms with Crippen LogP contribution in [-0.4, -0.2) is 45.3 Å². The van der Waals surface area contributed by atoms with Crippen LogP contribution in [0.1, 0.15) is 19.3 Å². The van der Waals surface area contributed by atoms with Gasteiger partial charge >= 0.3 is 0 Å². The Labute approximate surface area is 150 Å². The van der Waals surface area contributed by atoms with Crippen LogP contribution in [0.4, 0.5) is 11.8 Å². The van der Waals surface area contributed by atoms with E-state index in [4.69, 9.17) is 11.5 Å². The number of piperidine rings is 1. The Hall–Kier alpha value is -2.72. The maximum absolute atomic E-state index is 12.7. The first-order valence-electron chi connectivity index (χ1n) is 8.33. The van der Waals surface area contributed by atoms with E-state index in [0.717, 1.165) is 19.3 Å². The molecule has 136 valence electrons. The summed E-state index contributed by atoms with van der Waals surface area (Å²) in [5.41, 5.74) is 13.1. The zero-order valence-corrected chi connectivity index (χ0v) is 14.9. The first-order chi connectivity index (χ1) is 12.5. The number of sulfonamides is 1. The number of fused-ring (bicyclic) bond motifs is 1. The number of anilines is 2. The second-order valence-electron chi connectivity index (χ2n) is 6.21. The fraction of sp³-hybridized carbons (Fsp3) is 0.312. The molecule has 3 aromatic rings. The van der Waals surface area contributed by atoms with Gasteiger partial charge in [-0.05, 0) is 37.1 Å². The van der Waals surface area contributed by atoms with Crippen molar-refractivity contribution in [3.8, 4) is 5.69 Å². The molecule has 0 radical (unpaired) electrons. The summed E-state index contributed by atoms with van der Waals surface area (Å²) in [5, 5.41) is 0. The fourth-order valence-corrected chi connectivity index (χ4v) is 4.68. The Morgan fingerprint density at radius 2 is 1.65 bits per heavy atom. The lowest BCUT2D eigenvalue weighted by molar-refractivity contribution is 0.346. The molecule has 0 aliphatic carbocycles. The smallest absolute Gasteiger partial charge is 0.243 e. The third-order valence-corrected chi connectivity index (χ3v) is 6.42. The lowest BCUT2D eigenvalue weighted by atomic mass is 10.2. The summed E-state index contributed by atoms with van der Waals surface area (Å²) < 4.78 is 28.7. The van der Waals surface area contributed by atoms with Crippen LogP contribution < -0.4 is 11.5 Å². The lowest BCUT2D eigenvalue weighted by Crippen LogP contribution is -2.35. The highest BCUT2D eigenvalue weighted by Gasteiger charge is 2.25. The molecule has 2 aromatic heterocycles. The molecule has 10 heteroatoms. The van der Waals surface area contributed by atoms with Gasteiger partial charge in [-0.3, -0.25) is 4.57 Å². The van der Waals surface area contributed by atoms with Crippen LogP contribution in [0.25, 0.3) is 16.9 Å². The third-order valence-electron chi connectivity index (χ3n) is 4.51. The minimum absolute atomic E-state index is 0.0565. The molecule has 26 heavy (non-hydrogen) atoms. The molecule has 0 spiro atoms. The number of imidazole rings is 1. The van der Waals surface area contributed by atoms with Gasteiger partial charge in [0.05, 0.1) is 4.90 Å². The largest absolute Gasteiger partial charge is 0.382 e. The molecule has 3 heterocycles. The van der Waals surface area contributed by atoms with Crippen LogP contribution in [0.2, 0.25) is 0 Å². The quantitative estimate of drug-likeness (QED) is 0.703. The highest BCUT2D eigenvalue weighted by Crippen LogP contribution is 2.24. The summed E-state index contributed by atoms with van der Waals surface area (Å²) in [7, 11) is -3.46. The van der Waals surface area contributed by atoms with Gasteiger partial charge in [-0.25, -0.2) is 13.4 Å². The van der Waals surface area contributed by atoms with Crippen molar-refractivity contribution >= 4 is 33.0 Å². The molecule has 1 aliphatic rings. The van der Waals surface area contributed by atoms with Crippen molar-refractivity contribution in [3.63, 3.8) is 0 Å². The van der Waals surface area contributed by atoms with Crippen LogP contribution in [0.5, 0.6) is 0 Å². The highest BCUT2D eigenvalue weighted by molar-refractivity contribution is 7.89. The van der Waals surface area contributed by atoms with Crippen LogP contribution in [-0.2, 0) is 10.0 Å². The lowest BCUT2D eigenvalue weighted by Gasteiger charge is -2.25. The van der Waals surface area contributed by atoms with Gasteiger partial charge in [0.2, 0.25) is 16.0 Å². The van der Waals surface area contributed by atoms with Gasteiger partial charge in [-0.15, -0.1) is 0 Å². The zero-order valence-electron chi connectivity index (χ0n) is 14.0. The van der Waals surface area contributed by atoms with Crippen molar-refractivity contribution in [1.82, 2.24) is 23.8 Å². The maximum Gasteiger partial charge on any atom is 0.243 e. The van der Waals surface area contributed by atoms with E-state index >= 15 is 0 Å². The molecule has 1 aromatic carbocycles. The number of benzene rings is 1. The normalized spacial score (nSPS) is 16.2. The van der Waals surface area contributed by atoms with Gasteiger partial charge in [0, 0.05) is 18.8 Å². The monoisotopic (exact) mass is 373 g/mol. The summed E-state index contributed by atoms with van der Waals surface area (Å²) in [5.74, 6) is 0.261. The predicted octanol–water partition coefficient (Wildman–Crippen LogP) is 1.15. The van der Waals surface area contributed by atoms with Gasteiger partial charge in [0.1, 0.15) is 6.33 Å². The van der Waals surface area contributed by atoms with Gasteiger partial charge in [0.25, 0.3) is 0 Å². The zero-order chi connectivity index (χ0) is 18.3. The number of nitrogens with zero attached hydrogens (tertiary/aromatic N) is 5. The number of rotatable bonds is 3. The molecule has 0 saturated carbocycles. The predicted molar refractivity (Wildman–Crippen MR) is 98.1 cm³/mol. The van der Waals surface area contributed by atoms with Gasteiger partial charge in [-0.2, -0.15) is 14.3 Å². The van der Waals surface area contributed by atoms with Crippen LogP contribution in [0, 0.1) is 0 Å². The second-order valence-corrected chi connectivity index (χ2v) is 8.15. The first-order valence-corrected chi connectivity index (χ1v) is 9.77. The summed E-state index contributed by atoms with van der Waals surface area (Å²) in [4.78, 5) is 12.6. The minimum Gasteiger partial charge on any atom is -0.382 e. The van der Waals surface area contributed by atoms with Crippen LogP contribution in [0.15, 0.2) is 35.5 Å². The third kappa shape index (κ3) is 2.76. The maximum atomic E-state index is 12.7. The SMILES string of the molecule is Nc1nc(N)c2ncn(-c3ccc(S(=O)(=O)N4CCCCC4)cc3)c2n1. The molecule has 1 saturated heterocycles. The van der Waals surface area contributed by atoms with Crippen molar-refractivity contribution in [2.45, 2.75) is 24.2 Å². The average Bonchev–Trinajstić information content (AvgIpc) is 3.06. The molecule has 1 fully saturated rings. The Balaban J connectivity index is 1.70. The molecule has 0 unspecified atom stereocenters. The average molecular weight is 373 g/mol. The molecule has 9 nitrogen and oxygen atoms in total. The van der Waals surface area contributed by atoms with Crippen molar-refractivity contribution in [2.75, 3.05) is 24.6 Å². The Morgan fingerprint density at radius 3 is 2.35 bits per heavy atom. The van der Waals surface area contributed by atoms with Crippen molar-refractivity contribution in [1.29, 1.82) is 0 Å². The minimum atomic E-state index is -3.46. The number of nitrogen functional groups attached to an aromatic ring is 2. The molecular weight excluding hydrogens is 354 g/mol. The molecule has 0 amide bonds. The number of aromatic nitrogens is 4. The van der Waals surface area contributed by atoms with E-state index in [1.54, 1.807) is 39.5 Å². The van der Waals surface area contributed by atoms with Gasteiger partial charge in [-0.1, -0.05) is 6.42 Å². The summed E-state index contributed by atoms with van der Waals surface area (Å²) in [6, 6.07) is 6.62. The molecule has 0 bridgehead atoms. The molecule has 4 N–H and O–H groups in total. The highest BCUT2D eigenvalue weighted by atomic mass is 32.2. The number of hydrogen-bond acceptors (Lipinski definition) is 7. The fourth-order valence-electron chi connectivity index (χ4n) is 3.16. The van der Waals surface area contributed by atoms with Crippen molar-refractivity contribution < 1.29 is 8.42 Å². The standard InChI is InChI=1S/C16H19N7O2S/c17-14-13-15(21-16(18)20-14)23(10-19-13)11-4-6-12(7-5-11)26(24,25)22-8-2-1-3-9-22/h4-7,10H,1-3,8-9H2,(H4,17,18,20,21). The molecule has 0 atom stereocenters. The van der Waals surface area contributed by atoms with E-state index in [-0.39, 0.29) is 16.7 Å². The van der Waals surface area contributed by atoms with E-state index in [2.05, 4.69) is 15.0 Å². The number of hydrogen-bond donors (Lipinski definition) is 2. The topological polar surface area (TPSA) is 133 Å². The Morgan fingerprint density at radius 1 is 0.962 bits per heavy atom. The summed E-state index contributed by atoms with van der Waals surface area (Å²) in [6.07, 6.45) is 4.44. The first kappa shape index (κ1) is 16.7.